The number of hydrogen-bond donors (Lipinski definition) is 0. The molecule has 0 unspecified atom stereocenters. The van der Waals surface area contributed by atoms with Crippen molar-refractivity contribution in [3.63, 3.8) is 0 Å². The monoisotopic (exact) mass is 384 g/mol. The van der Waals surface area contributed by atoms with Gasteiger partial charge in [-0.15, -0.1) is 0 Å². The van der Waals surface area contributed by atoms with Gasteiger partial charge in [-0.25, -0.2) is 0 Å². The average molecular weight is 385 g/mol. The molecule has 1 heterocycles. The fraction of sp³-hybridized carbons (Fsp3) is 0.370. The Hall–Kier alpha value is -2.61. The van der Waals surface area contributed by atoms with Crippen molar-refractivity contribution in [2.45, 2.75) is 64.8 Å². The van der Waals surface area contributed by atoms with Crippen LogP contribution < -0.4 is 0 Å². The summed E-state index contributed by atoms with van der Waals surface area (Å²) in [4.78, 5) is 0. The third-order valence-corrected chi connectivity index (χ3v) is 6.54. The van der Waals surface area contributed by atoms with E-state index >= 15 is 0 Å². The van der Waals surface area contributed by atoms with E-state index in [4.69, 9.17) is 0 Å². The number of rotatable bonds is 4. The number of nitrogens with zero attached hydrogens (tertiary/aromatic N) is 2. The molecule has 1 aliphatic carbocycles. The Balaban J connectivity index is 1.82. The molecule has 0 saturated heterocycles. The highest BCUT2D eigenvalue weighted by Gasteiger charge is 2.37. The van der Waals surface area contributed by atoms with E-state index in [0.29, 0.717) is 0 Å². The predicted octanol–water partition coefficient (Wildman–Crippen LogP) is 6.76. The Bertz CT molecular complexity index is 1020. The van der Waals surface area contributed by atoms with E-state index in [1.807, 2.05) is 23.1 Å². The van der Waals surface area contributed by atoms with Gasteiger partial charge >= 0.3 is 0 Å². The second kappa shape index (κ2) is 7.33. The van der Waals surface area contributed by atoms with Crippen LogP contribution in [0.2, 0.25) is 0 Å². The molecular weight excluding hydrogens is 352 g/mol. The fourth-order valence-electron chi connectivity index (χ4n) is 4.40. The van der Waals surface area contributed by atoms with Crippen molar-refractivity contribution >= 4 is 12.2 Å². The molecular formula is C27H32N2. The summed E-state index contributed by atoms with van der Waals surface area (Å²) in [5.41, 5.74) is 8.58. The number of fused-ring (bicyclic) bond motifs is 1. The molecule has 1 aliphatic rings. The summed E-state index contributed by atoms with van der Waals surface area (Å²) in [5.74, 6) is 0. The van der Waals surface area contributed by atoms with E-state index in [1.54, 1.807) is 0 Å². The SMILES string of the molecule is Cc1ccc(/C=C/c2cc3c(cc2Cn2cccn2)C(C)(C)CCC3(C)C)cc1. The van der Waals surface area contributed by atoms with Crippen molar-refractivity contribution in [1.29, 1.82) is 0 Å². The minimum Gasteiger partial charge on any atom is -0.268 e. The number of aromatic nitrogens is 2. The lowest BCUT2D eigenvalue weighted by Gasteiger charge is -2.42. The molecule has 0 radical (unpaired) electrons. The van der Waals surface area contributed by atoms with E-state index in [2.05, 4.69) is 88.3 Å². The standard InChI is InChI=1S/C27H32N2/c1-20-7-9-21(10-8-20)11-12-22-17-24-25(27(4,5)14-13-26(24,2)3)18-23(22)19-29-16-6-15-28-29/h6-12,15-18H,13-14,19H2,1-5H3/b12-11+. The van der Waals surface area contributed by atoms with Crippen LogP contribution in [-0.2, 0) is 17.4 Å². The Morgan fingerprint density at radius 3 is 2.21 bits per heavy atom. The lowest BCUT2D eigenvalue weighted by atomic mass is 9.62. The van der Waals surface area contributed by atoms with Crippen molar-refractivity contribution < 1.29 is 0 Å². The normalized spacial score (nSPS) is 17.4. The molecule has 3 aromatic rings. The summed E-state index contributed by atoms with van der Waals surface area (Å²) < 4.78 is 2.02. The van der Waals surface area contributed by atoms with Gasteiger partial charge in [0.25, 0.3) is 0 Å². The Labute approximate surface area is 175 Å². The molecule has 0 saturated carbocycles. The van der Waals surface area contributed by atoms with Crippen LogP contribution in [0.15, 0.2) is 54.9 Å². The lowest BCUT2D eigenvalue weighted by Crippen LogP contribution is -2.34. The molecule has 0 amide bonds. The van der Waals surface area contributed by atoms with Gasteiger partial charge in [-0.05, 0) is 64.5 Å². The van der Waals surface area contributed by atoms with E-state index in [1.165, 1.54) is 46.2 Å². The minimum atomic E-state index is 0.210. The van der Waals surface area contributed by atoms with Crippen molar-refractivity contribution in [3.05, 3.63) is 88.2 Å². The van der Waals surface area contributed by atoms with Crippen LogP contribution in [0.4, 0.5) is 0 Å². The first-order valence-electron chi connectivity index (χ1n) is 10.6. The summed E-state index contributed by atoms with van der Waals surface area (Å²) >= 11 is 0. The van der Waals surface area contributed by atoms with Crippen molar-refractivity contribution in [2.75, 3.05) is 0 Å². The average Bonchev–Trinajstić information content (AvgIpc) is 3.18. The highest BCUT2D eigenvalue weighted by molar-refractivity contribution is 5.72. The van der Waals surface area contributed by atoms with Crippen LogP contribution in [0.5, 0.6) is 0 Å². The zero-order valence-electron chi connectivity index (χ0n) is 18.4. The number of hydrogen-bond acceptors (Lipinski definition) is 1. The van der Waals surface area contributed by atoms with Crippen LogP contribution >= 0.6 is 0 Å². The maximum Gasteiger partial charge on any atom is 0.0665 e. The molecule has 1 aromatic heterocycles. The van der Waals surface area contributed by atoms with Crippen LogP contribution in [-0.4, -0.2) is 9.78 Å². The molecule has 0 N–H and O–H groups in total. The fourth-order valence-corrected chi connectivity index (χ4v) is 4.40. The Kier molecular flexibility index (Phi) is 4.98. The van der Waals surface area contributed by atoms with E-state index < -0.39 is 0 Å². The second-order valence-electron chi connectivity index (χ2n) is 9.81. The highest BCUT2D eigenvalue weighted by Crippen LogP contribution is 2.46. The van der Waals surface area contributed by atoms with Crippen LogP contribution in [0, 0.1) is 6.92 Å². The molecule has 150 valence electrons. The molecule has 2 nitrogen and oxygen atoms in total. The van der Waals surface area contributed by atoms with Gasteiger partial charge in [0.05, 0.1) is 6.54 Å². The van der Waals surface area contributed by atoms with Crippen LogP contribution in [0.25, 0.3) is 12.2 Å². The van der Waals surface area contributed by atoms with Gasteiger partial charge in [-0.2, -0.15) is 5.10 Å². The van der Waals surface area contributed by atoms with Crippen molar-refractivity contribution in [2.24, 2.45) is 0 Å². The van der Waals surface area contributed by atoms with Crippen LogP contribution in [0.1, 0.15) is 73.9 Å². The van der Waals surface area contributed by atoms with Gasteiger partial charge < -0.3 is 0 Å². The topological polar surface area (TPSA) is 17.8 Å². The molecule has 2 aromatic carbocycles. The molecule has 0 fully saturated rings. The number of aryl methyl sites for hydroxylation is 1. The molecule has 0 bridgehead atoms. The summed E-state index contributed by atoms with van der Waals surface area (Å²) in [6, 6.07) is 15.6. The zero-order chi connectivity index (χ0) is 20.6. The van der Waals surface area contributed by atoms with E-state index in [0.717, 1.165) is 6.54 Å². The smallest absolute Gasteiger partial charge is 0.0665 e. The predicted molar refractivity (Wildman–Crippen MR) is 123 cm³/mol. The first-order valence-corrected chi connectivity index (χ1v) is 10.6. The maximum atomic E-state index is 4.45. The quantitative estimate of drug-likeness (QED) is 0.454. The van der Waals surface area contributed by atoms with Crippen LogP contribution in [0.3, 0.4) is 0 Å². The minimum absolute atomic E-state index is 0.210. The van der Waals surface area contributed by atoms with Gasteiger partial charge in [0, 0.05) is 12.4 Å². The van der Waals surface area contributed by atoms with Gasteiger partial charge in [0.1, 0.15) is 0 Å². The summed E-state index contributed by atoms with van der Waals surface area (Å²) in [5, 5.41) is 4.45. The third kappa shape index (κ3) is 4.07. The van der Waals surface area contributed by atoms with Gasteiger partial charge in [0.2, 0.25) is 0 Å². The zero-order valence-corrected chi connectivity index (χ0v) is 18.4. The summed E-state index contributed by atoms with van der Waals surface area (Å²) in [6.45, 7) is 12.5. The van der Waals surface area contributed by atoms with E-state index in [9.17, 15) is 0 Å². The first kappa shape index (κ1) is 19.7. The largest absolute Gasteiger partial charge is 0.268 e. The molecule has 4 rings (SSSR count). The molecule has 0 atom stereocenters. The molecule has 0 spiro atoms. The molecule has 0 aliphatic heterocycles. The van der Waals surface area contributed by atoms with Gasteiger partial charge in [0.15, 0.2) is 0 Å². The van der Waals surface area contributed by atoms with Crippen molar-refractivity contribution in [1.82, 2.24) is 9.78 Å². The number of benzene rings is 2. The summed E-state index contributed by atoms with van der Waals surface area (Å²) in [6.07, 6.45) is 10.9. The van der Waals surface area contributed by atoms with E-state index in [-0.39, 0.29) is 10.8 Å². The lowest BCUT2D eigenvalue weighted by molar-refractivity contribution is 0.331. The van der Waals surface area contributed by atoms with Gasteiger partial charge in [-0.3, -0.25) is 4.68 Å². The second-order valence-corrected chi connectivity index (χ2v) is 9.81. The Morgan fingerprint density at radius 1 is 0.931 bits per heavy atom. The first-order chi connectivity index (χ1) is 13.7. The molecule has 2 heteroatoms. The third-order valence-electron chi connectivity index (χ3n) is 6.54. The van der Waals surface area contributed by atoms with Crippen molar-refractivity contribution in [3.8, 4) is 0 Å². The highest BCUT2D eigenvalue weighted by atomic mass is 15.3. The van der Waals surface area contributed by atoms with Gasteiger partial charge in [-0.1, -0.05) is 81.8 Å². The maximum absolute atomic E-state index is 4.45. The summed E-state index contributed by atoms with van der Waals surface area (Å²) in [7, 11) is 0. The Morgan fingerprint density at radius 2 is 1.59 bits per heavy atom. The molecule has 29 heavy (non-hydrogen) atoms.